The highest BCUT2D eigenvalue weighted by molar-refractivity contribution is 6.01. The van der Waals surface area contributed by atoms with E-state index in [-0.39, 0.29) is 30.9 Å². The number of hydrogen-bond donors (Lipinski definition) is 3. The third-order valence-electron chi connectivity index (χ3n) is 3.47. The molecule has 2 atom stereocenters. The topological polar surface area (TPSA) is 95.7 Å². The van der Waals surface area contributed by atoms with Crippen LogP contribution in [0.3, 0.4) is 0 Å². The minimum atomic E-state index is -0.761. The number of amides is 2. The molecule has 1 fully saturated rings. The van der Waals surface area contributed by atoms with Crippen LogP contribution in [0.1, 0.15) is 25.0 Å². The van der Waals surface area contributed by atoms with Crippen molar-refractivity contribution in [1.29, 1.82) is 0 Å². The minimum absolute atomic E-state index is 0.121. The maximum atomic E-state index is 11.7. The molecule has 0 spiro atoms. The highest BCUT2D eigenvalue weighted by Gasteiger charge is 2.33. The molecule has 0 radical (unpaired) electrons. The molecule has 1 aliphatic rings. The molecule has 4 N–H and O–H groups in total. The van der Waals surface area contributed by atoms with Crippen molar-refractivity contribution in [2.24, 2.45) is 0 Å². The summed E-state index contributed by atoms with van der Waals surface area (Å²) in [5.74, 6) is -0.627. The SMILES string of the molecule is CCC1C(=O)NC(=O)CN1CC(O)c1ccc(N)cc1. The van der Waals surface area contributed by atoms with E-state index >= 15 is 0 Å². The highest BCUT2D eigenvalue weighted by Crippen LogP contribution is 2.19. The van der Waals surface area contributed by atoms with E-state index in [0.29, 0.717) is 17.7 Å². The van der Waals surface area contributed by atoms with Gasteiger partial charge in [-0.05, 0) is 24.1 Å². The first-order chi connectivity index (χ1) is 9.51. The van der Waals surface area contributed by atoms with Gasteiger partial charge in [0.15, 0.2) is 0 Å². The first kappa shape index (κ1) is 14.5. The zero-order valence-electron chi connectivity index (χ0n) is 11.4. The van der Waals surface area contributed by atoms with Crippen LogP contribution < -0.4 is 11.1 Å². The average Bonchev–Trinajstić information content (AvgIpc) is 2.39. The monoisotopic (exact) mass is 277 g/mol. The third kappa shape index (κ3) is 3.15. The van der Waals surface area contributed by atoms with E-state index in [1.807, 2.05) is 6.92 Å². The molecule has 6 nitrogen and oxygen atoms in total. The fourth-order valence-corrected chi connectivity index (χ4v) is 2.40. The Bertz CT molecular complexity index is 501. The number of carbonyl (C=O) groups is 2. The van der Waals surface area contributed by atoms with Crippen LogP contribution in [0.5, 0.6) is 0 Å². The Kier molecular flexibility index (Phi) is 4.36. The van der Waals surface area contributed by atoms with E-state index in [2.05, 4.69) is 5.32 Å². The number of imide groups is 1. The van der Waals surface area contributed by atoms with E-state index in [1.54, 1.807) is 29.2 Å². The largest absolute Gasteiger partial charge is 0.399 e. The summed E-state index contributed by atoms with van der Waals surface area (Å²) >= 11 is 0. The Balaban J connectivity index is 2.08. The number of aliphatic hydroxyl groups excluding tert-OH is 1. The average molecular weight is 277 g/mol. The number of hydrogen-bond acceptors (Lipinski definition) is 5. The molecule has 0 aliphatic carbocycles. The molecule has 1 heterocycles. The number of nitrogens with zero attached hydrogens (tertiary/aromatic N) is 1. The first-order valence-electron chi connectivity index (χ1n) is 6.62. The van der Waals surface area contributed by atoms with Crippen molar-refractivity contribution in [2.45, 2.75) is 25.5 Å². The second-order valence-corrected chi connectivity index (χ2v) is 4.95. The molecule has 2 amide bonds. The Morgan fingerprint density at radius 2 is 2.05 bits per heavy atom. The predicted octanol–water partition coefficient (Wildman–Crippen LogP) is 0.0392. The molecule has 0 saturated carbocycles. The smallest absolute Gasteiger partial charge is 0.243 e. The van der Waals surface area contributed by atoms with Gasteiger partial charge in [0, 0.05) is 12.2 Å². The van der Waals surface area contributed by atoms with Crippen molar-refractivity contribution < 1.29 is 14.7 Å². The Morgan fingerprint density at radius 1 is 1.40 bits per heavy atom. The second kappa shape index (κ2) is 6.02. The molecule has 1 aromatic carbocycles. The van der Waals surface area contributed by atoms with Gasteiger partial charge in [-0.15, -0.1) is 0 Å². The van der Waals surface area contributed by atoms with Gasteiger partial charge in [0.05, 0.1) is 18.7 Å². The molecule has 0 aromatic heterocycles. The molecular formula is C14H19N3O3. The Morgan fingerprint density at radius 3 is 2.65 bits per heavy atom. The predicted molar refractivity (Wildman–Crippen MR) is 74.6 cm³/mol. The van der Waals surface area contributed by atoms with Gasteiger partial charge >= 0.3 is 0 Å². The van der Waals surface area contributed by atoms with Gasteiger partial charge in [-0.2, -0.15) is 0 Å². The van der Waals surface area contributed by atoms with Gasteiger partial charge < -0.3 is 10.8 Å². The van der Waals surface area contributed by atoms with Crippen LogP contribution in [0.2, 0.25) is 0 Å². The molecule has 1 aliphatic heterocycles. The van der Waals surface area contributed by atoms with Gasteiger partial charge in [0.1, 0.15) is 0 Å². The summed E-state index contributed by atoms with van der Waals surface area (Å²) in [4.78, 5) is 24.9. The molecule has 20 heavy (non-hydrogen) atoms. The summed E-state index contributed by atoms with van der Waals surface area (Å²) in [6.07, 6.45) is -0.170. The lowest BCUT2D eigenvalue weighted by Gasteiger charge is -2.34. The van der Waals surface area contributed by atoms with Crippen molar-refractivity contribution in [1.82, 2.24) is 10.2 Å². The van der Waals surface area contributed by atoms with E-state index in [4.69, 9.17) is 5.73 Å². The summed E-state index contributed by atoms with van der Waals surface area (Å²) in [7, 11) is 0. The molecule has 2 unspecified atom stereocenters. The highest BCUT2D eigenvalue weighted by atomic mass is 16.3. The summed E-state index contributed by atoms with van der Waals surface area (Å²) < 4.78 is 0. The van der Waals surface area contributed by atoms with Crippen LogP contribution in [-0.2, 0) is 9.59 Å². The van der Waals surface area contributed by atoms with E-state index in [9.17, 15) is 14.7 Å². The number of piperazine rings is 1. The number of carbonyl (C=O) groups excluding carboxylic acids is 2. The summed E-state index contributed by atoms with van der Waals surface area (Å²) in [5, 5.41) is 12.5. The molecule has 6 heteroatoms. The number of benzene rings is 1. The van der Waals surface area contributed by atoms with Gasteiger partial charge in [-0.1, -0.05) is 19.1 Å². The van der Waals surface area contributed by atoms with Crippen molar-refractivity contribution in [3.05, 3.63) is 29.8 Å². The zero-order valence-corrected chi connectivity index (χ0v) is 11.4. The van der Waals surface area contributed by atoms with Crippen molar-refractivity contribution >= 4 is 17.5 Å². The lowest BCUT2D eigenvalue weighted by Crippen LogP contribution is -2.58. The quantitative estimate of drug-likeness (QED) is 0.533. The maximum absolute atomic E-state index is 11.7. The maximum Gasteiger partial charge on any atom is 0.243 e. The number of β-amino-alcohol motifs (C(OH)–C–C–N with tert-alkyl or cyclic N) is 1. The van der Waals surface area contributed by atoms with Crippen LogP contribution in [0.15, 0.2) is 24.3 Å². The van der Waals surface area contributed by atoms with E-state index < -0.39 is 6.10 Å². The summed E-state index contributed by atoms with van der Waals surface area (Å²) in [6.45, 7) is 2.24. The number of aliphatic hydroxyl groups is 1. The number of nitrogen functional groups attached to an aromatic ring is 1. The molecule has 1 aromatic rings. The van der Waals surface area contributed by atoms with Crippen molar-refractivity contribution in [3.8, 4) is 0 Å². The van der Waals surface area contributed by atoms with Crippen molar-refractivity contribution in [2.75, 3.05) is 18.8 Å². The van der Waals surface area contributed by atoms with E-state index in [0.717, 1.165) is 0 Å². The second-order valence-electron chi connectivity index (χ2n) is 4.95. The number of nitrogens with one attached hydrogen (secondary N) is 1. The molecule has 108 valence electrons. The number of rotatable bonds is 4. The van der Waals surface area contributed by atoms with Crippen LogP contribution in [0.4, 0.5) is 5.69 Å². The molecular weight excluding hydrogens is 258 g/mol. The van der Waals surface area contributed by atoms with Crippen LogP contribution in [0, 0.1) is 0 Å². The normalized spacial score (nSPS) is 21.6. The number of nitrogens with two attached hydrogens (primary N) is 1. The zero-order chi connectivity index (χ0) is 14.7. The van der Waals surface area contributed by atoms with Gasteiger partial charge in [0.25, 0.3) is 0 Å². The standard InChI is InChI=1S/C14H19N3O3/c1-2-11-14(20)16-13(19)8-17(11)7-12(18)9-3-5-10(15)6-4-9/h3-6,11-12,18H,2,7-8,15H2,1H3,(H,16,19,20). The first-order valence-corrected chi connectivity index (χ1v) is 6.62. The fraction of sp³-hybridized carbons (Fsp3) is 0.429. The minimum Gasteiger partial charge on any atom is -0.399 e. The lowest BCUT2D eigenvalue weighted by molar-refractivity contribution is -0.140. The van der Waals surface area contributed by atoms with Crippen molar-refractivity contribution in [3.63, 3.8) is 0 Å². The van der Waals surface area contributed by atoms with Gasteiger partial charge in [-0.25, -0.2) is 0 Å². The summed E-state index contributed by atoms with van der Waals surface area (Å²) in [5.41, 5.74) is 6.94. The van der Waals surface area contributed by atoms with Crippen LogP contribution >= 0.6 is 0 Å². The van der Waals surface area contributed by atoms with Crippen LogP contribution in [-0.4, -0.2) is 41.0 Å². The van der Waals surface area contributed by atoms with Gasteiger partial charge in [-0.3, -0.25) is 19.8 Å². The van der Waals surface area contributed by atoms with Crippen LogP contribution in [0.25, 0.3) is 0 Å². The molecule has 2 rings (SSSR count). The lowest BCUT2D eigenvalue weighted by atomic mass is 10.1. The third-order valence-corrected chi connectivity index (χ3v) is 3.47. The molecule has 0 bridgehead atoms. The summed E-state index contributed by atoms with van der Waals surface area (Å²) in [6, 6.07) is 6.53. The number of anilines is 1. The molecule has 1 saturated heterocycles. The van der Waals surface area contributed by atoms with Gasteiger partial charge in [0.2, 0.25) is 11.8 Å². The fourth-order valence-electron chi connectivity index (χ4n) is 2.40. The Hall–Kier alpha value is -1.92. The van der Waals surface area contributed by atoms with E-state index in [1.165, 1.54) is 0 Å². The Labute approximate surface area is 117 Å².